The smallest absolute Gasteiger partial charge is 0.0596 e. The van der Waals surface area contributed by atoms with Crippen molar-refractivity contribution in [2.45, 2.75) is 52.6 Å². The van der Waals surface area contributed by atoms with Gasteiger partial charge in [0.2, 0.25) is 0 Å². The molecule has 0 bridgehead atoms. The van der Waals surface area contributed by atoms with Crippen molar-refractivity contribution in [3.05, 3.63) is 21.9 Å². The van der Waals surface area contributed by atoms with Gasteiger partial charge in [-0.1, -0.05) is 20.8 Å². The summed E-state index contributed by atoms with van der Waals surface area (Å²) in [6.07, 6.45) is 2.37. The van der Waals surface area contributed by atoms with Crippen LogP contribution in [0.5, 0.6) is 0 Å². The molecule has 1 aliphatic heterocycles. The van der Waals surface area contributed by atoms with Gasteiger partial charge in [-0.3, -0.25) is 4.90 Å². The molecule has 0 aliphatic carbocycles. The van der Waals surface area contributed by atoms with Crippen LogP contribution in [0.2, 0.25) is 0 Å². The lowest BCUT2D eigenvalue weighted by Gasteiger charge is -2.32. The molecule has 3 heteroatoms. The van der Waals surface area contributed by atoms with Gasteiger partial charge >= 0.3 is 0 Å². The monoisotopic (exact) mass is 280 g/mol. The van der Waals surface area contributed by atoms with Gasteiger partial charge in [0, 0.05) is 17.5 Å². The number of hydrogen-bond acceptors (Lipinski definition) is 3. The Kier molecular flexibility index (Phi) is 5.04. The predicted octanol–water partition coefficient (Wildman–Crippen LogP) is 3.81. The highest BCUT2D eigenvalue weighted by Crippen LogP contribution is 2.36. The molecule has 0 spiro atoms. The van der Waals surface area contributed by atoms with Gasteiger partial charge in [0.15, 0.2) is 0 Å². The van der Waals surface area contributed by atoms with E-state index in [1.807, 2.05) is 11.3 Å². The fraction of sp³-hybridized carbons (Fsp3) is 0.750. The maximum Gasteiger partial charge on any atom is 0.0596 e. The van der Waals surface area contributed by atoms with Crippen molar-refractivity contribution >= 4 is 11.3 Å². The summed E-state index contributed by atoms with van der Waals surface area (Å²) < 4.78 is 0. The summed E-state index contributed by atoms with van der Waals surface area (Å²) in [6, 6.07) is 2.91. The first-order chi connectivity index (χ1) is 9.04. The molecule has 1 fully saturated rings. The van der Waals surface area contributed by atoms with Crippen molar-refractivity contribution in [3.8, 4) is 0 Å². The summed E-state index contributed by atoms with van der Waals surface area (Å²) in [7, 11) is 0. The quantitative estimate of drug-likeness (QED) is 0.888. The molecule has 0 aromatic carbocycles. The first-order valence-corrected chi connectivity index (χ1v) is 8.46. The van der Waals surface area contributed by atoms with Crippen LogP contribution in [0.3, 0.4) is 0 Å². The molecule has 0 saturated carbocycles. The Morgan fingerprint density at radius 3 is 2.68 bits per heavy atom. The SMILES string of the molecule is CCC(N)C(c1sccc1C)N1CCC(C(C)C)C1. The van der Waals surface area contributed by atoms with Gasteiger partial charge < -0.3 is 5.73 Å². The molecular formula is C16H28N2S. The highest BCUT2D eigenvalue weighted by molar-refractivity contribution is 7.10. The zero-order chi connectivity index (χ0) is 14.0. The van der Waals surface area contributed by atoms with Crippen LogP contribution in [0, 0.1) is 18.8 Å². The van der Waals surface area contributed by atoms with E-state index in [1.54, 1.807) is 0 Å². The van der Waals surface area contributed by atoms with E-state index in [0.29, 0.717) is 6.04 Å². The highest BCUT2D eigenvalue weighted by atomic mass is 32.1. The minimum Gasteiger partial charge on any atom is -0.326 e. The first-order valence-electron chi connectivity index (χ1n) is 7.58. The van der Waals surface area contributed by atoms with Gasteiger partial charge in [0.25, 0.3) is 0 Å². The molecule has 1 aliphatic rings. The van der Waals surface area contributed by atoms with E-state index >= 15 is 0 Å². The molecule has 2 N–H and O–H groups in total. The Bertz CT molecular complexity index is 399. The molecule has 19 heavy (non-hydrogen) atoms. The molecule has 108 valence electrons. The Morgan fingerprint density at radius 2 is 2.21 bits per heavy atom. The average molecular weight is 280 g/mol. The first kappa shape index (κ1) is 15.0. The molecule has 1 aromatic rings. The third kappa shape index (κ3) is 3.21. The Balaban J connectivity index is 2.18. The number of nitrogens with zero attached hydrogens (tertiary/aromatic N) is 1. The van der Waals surface area contributed by atoms with Gasteiger partial charge in [-0.2, -0.15) is 0 Å². The van der Waals surface area contributed by atoms with E-state index in [1.165, 1.54) is 30.0 Å². The zero-order valence-corrected chi connectivity index (χ0v) is 13.5. The van der Waals surface area contributed by atoms with Crippen LogP contribution in [-0.2, 0) is 0 Å². The summed E-state index contributed by atoms with van der Waals surface area (Å²) in [5.74, 6) is 1.62. The van der Waals surface area contributed by atoms with Crippen molar-refractivity contribution in [2.75, 3.05) is 13.1 Å². The minimum absolute atomic E-state index is 0.253. The van der Waals surface area contributed by atoms with Crippen molar-refractivity contribution in [1.29, 1.82) is 0 Å². The van der Waals surface area contributed by atoms with Crippen LogP contribution in [0.1, 0.15) is 50.1 Å². The van der Waals surface area contributed by atoms with Gasteiger partial charge in [0.05, 0.1) is 6.04 Å². The number of rotatable bonds is 5. The number of thiophene rings is 1. The predicted molar refractivity (Wildman–Crippen MR) is 84.6 cm³/mol. The Morgan fingerprint density at radius 1 is 1.47 bits per heavy atom. The minimum atomic E-state index is 0.253. The second kappa shape index (κ2) is 6.38. The third-order valence-electron chi connectivity index (χ3n) is 4.64. The summed E-state index contributed by atoms with van der Waals surface area (Å²) in [4.78, 5) is 4.12. The van der Waals surface area contributed by atoms with E-state index in [4.69, 9.17) is 5.73 Å². The highest BCUT2D eigenvalue weighted by Gasteiger charge is 2.34. The van der Waals surface area contributed by atoms with Gasteiger partial charge in [0.1, 0.15) is 0 Å². The van der Waals surface area contributed by atoms with Crippen LogP contribution in [0.15, 0.2) is 11.4 Å². The van der Waals surface area contributed by atoms with Crippen molar-refractivity contribution in [2.24, 2.45) is 17.6 Å². The molecule has 1 saturated heterocycles. The van der Waals surface area contributed by atoms with E-state index in [0.717, 1.165) is 18.3 Å². The van der Waals surface area contributed by atoms with Crippen LogP contribution < -0.4 is 5.73 Å². The van der Waals surface area contributed by atoms with Crippen molar-refractivity contribution in [1.82, 2.24) is 4.90 Å². The number of aryl methyl sites for hydroxylation is 1. The van der Waals surface area contributed by atoms with Crippen LogP contribution in [0.25, 0.3) is 0 Å². The van der Waals surface area contributed by atoms with E-state index < -0.39 is 0 Å². The molecule has 0 radical (unpaired) electrons. The third-order valence-corrected chi connectivity index (χ3v) is 5.73. The molecule has 2 nitrogen and oxygen atoms in total. The Hall–Kier alpha value is -0.380. The number of hydrogen-bond donors (Lipinski definition) is 1. The lowest BCUT2D eigenvalue weighted by molar-refractivity contribution is 0.198. The van der Waals surface area contributed by atoms with Crippen molar-refractivity contribution < 1.29 is 0 Å². The lowest BCUT2D eigenvalue weighted by atomic mass is 9.95. The topological polar surface area (TPSA) is 29.3 Å². The average Bonchev–Trinajstić information content (AvgIpc) is 3.00. The summed E-state index contributed by atoms with van der Waals surface area (Å²) >= 11 is 1.88. The second-order valence-electron chi connectivity index (χ2n) is 6.27. The summed E-state index contributed by atoms with van der Waals surface area (Å²) in [6.45, 7) is 11.5. The van der Waals surface area contributed by atoms with E-state index in [9.17, 15) is 0 Å². The van der Waals surface area contributed by atoms with Crippen LogP contribution in [0.4, 0.5) is 0 Å². The normalized spacial score (nSPS) is 24.0. The summed E-state index contributed by atoms with van der Waals surface area (Å²) in [5.41, 5.74) is 7.85. The standard InChI is InChI=1S/C16H28N2S/c1-5-14(17)15(16-12(4)7-9-19-16)18-8-6-13(10-18)11(2)3/h7,9,11,13-15H,5-6,8,10,17H2,1-4H3. The van der Waals surface area contributed by atoms with Crippen LogP contribution in [-0.4, -0.2) is 24.0 Å². The molecule has 2 rings (SSSR count). The fourth-order valence-electron chi connectivity index (χ4n) is 3.15. The van der Waals surface area contributed by atoms with Gasteiger partial charge in [-0.05, 0) is 55.2 Å². The van der Waals surface area contributed by atoms with E-state index in [-0.39, 0.29) is 6.04 Å². The maximum atomic E-state index is 6.44. The molecular weight excluding hydrogens is 252 g/mol. The number of likely N-dealkylation sites (tertiary alicyclic amines) is 1. The van der Waals surface area contributed by atoms with Crippen molar-refractivity contribution in [3.63, 3.8) is 0 Å². The second-order valence-corrected chi connectivity index (χ2v) is 7.22. The van der Waals surface area contributed by atoms with Gasteiger partial charge in [-0.25, -0.2) is 0 Å². The molecule has 0 amide bonds. The lowest BCUT2D eigenvalue weighted by Crippen LogP contribution is -2.39. The molecule has 2 heterocycles. The molecule has 3 unspecified atom stereocenters. The fourth-order valence-corrected chi connectivity index (χ4v) is 4.29. The number of nitrogens with two attached hydrogens (primary N) is 1. The maximum absolute atomic E-state index is 6.44. The largest absolute Gasteiger partial charge is 0.326 e. The molecule has 3 atom stereocenters. The Labute approximate surface area is 122 Å². The van der Waals surface area contributed by atoms with E-state index in [2.05, 4.69) is 44.0 Å². The summed E-state index contributed by atoms with van der Waals surface area (Å²) in [5, 5.41) is 2.20. The molecule has 1 aromatic heterocycles. The zero-order valence-electron chi connectivity index (χ0n) is 12.7. The van der Waals surface area contributed by atoms with Crippen LogP contribution >= 0.6 is 11.3 Å². The van der Waals surface area contributed by atoms with Gasteiger partial charge in [-0.15, -0.1) is 11.3 Å².